The predicted molar refractivity (Wildman–Crippen MR) is 105 cm³/mol. The summed E-state index contributed by atoms with van der Waals surface area (Å²) in [5.74, 6) is -0.166. The highest BCUT2D eigenvalue weighted by Gasteiger charge is 2.13. The molecule has 0 fully saturated rings. The minimum Gasteiger partial charge on any atom is -0.357 e. The van der Waals surface area contributed by atoms with Gasteiger partial charge in [0.25, 0.3) is 0 Å². The summed E-state index contributed by atoms with van der Waals surface area (Å²) in [6.45, 7) is 7.90. The number of aryl methyl sites for hydroxylation is 2. The number of rotatable bonds is 8. The number of benzene rings is 1. The first kappa shape index (κ1) is 20.9. The topological polar surface area (TPSA) is 54.2 Å². The van der Waals surface area contributed by atoms with E-state index in [0.29, 0.717) is 37.6 Å². The Labute approximate surface area is 159 Å². The minimum absolute atomic E-state index is 0.354. The van der Waals surface area contributed by atoms with Crippen molar-refractivity contribution < 1.29 is 8.78 Å². The molecule has 5 nitrogen and oxygen atoms in total. The molecule has 2 aromatic rings. The zero-order valence-corrected chi connectivity index (χ0v) is 16.6. The van der Waals surface area contributed by atoms with Crippen LogP contribution in [0.15, 0.2) is 23.2 Å². The van der Waals surface area contributed by atoms with Crippen LogP contribution in [0.5, 0.6) is 0 Å². The third-order valence-corrected chi connectivity index (χ3v) is 4.46. The molecule has 2 N–H and O–H groups in total. The van der Waals surface area contributed by atoms with E-state index in [1.807, 2.05) is 18.7 Å². The molecular formula is C20H29F2N5. The Balaban J connectivity index is 2.05. The number of nitrogens with zero attached hydrogens (tertiary/aromatic N) is 3. The number of halogens is 2. The van der Waals surface area contributed by atoms with Crippen molar-refractivity contribution in [2.75, 3.05) is 13.1 Å². The van der Waals surface area contributed by atoms with Gasteiger partial charge in [-0.2, -0.15) is 5.10 Å². The lowest BCUT2D eigenvalue weighted by molar-refractivity contribution is 0.583. The lowest BCUT2D eigenvalue weighted by Gasteiger charge is -2.12. The average molecular weight is 377 g/mol. The lowest BCUT2D eigenvalue weighted by Crippen LogP contribution is -2.38. The van der Waals surface area contributed by atoms with E-state index in [1.165, 1.54) is 11.8 Å². The van der Waals surface area contributed by atoms with E-state index in [4.69, 9.17) is 0 Å². The van der Waals surface area contributed by atoms with E-state index >= 15 is 0 Å². The number of hydrogen-bond donors (Lipinski definition) is 2. The fourth-order valence-electron chi connectivity index (χ4n) is 3.12. The van der Waals surface area contributed by atoms with Crippen LogP contribution in [0.25, 0.3) is 0 Å². The second-order valence-electron chi connectivity index (χ2n) is 6.31. The van der Waals surface area contributed by atoms with Crippen molar-refractivity contribution >= 4 is 5.96 Å². The van der Waals surface area contributed by atoms with Gasteiger partial charge < -0.3 is 10.6 Å². The Kier molecular flexibility index (Phi) is 7.76. The summed E-state index contributed by atoms with van der Waals surface area (Å²) in [7, 11) is 1.96. The second-order valence-corrected chi connectivity index (χ2v) is 6.31. The molecule has 148 valence electrons. The molecule has 0 saturated carbocycles. The van der Waals surface area contributed by atoms with Crippen molar-refractivity contribution in [3.63, 3.8) is 0 Å². The Hall–Kier alpha value is -2.44. The maximum absolute atomic E-state index is 13.7. The maximum Gasteiger partial charge on any atom is 0.191 e. The third kappa shape index (κ3) is 5.52. The molecule has 1 aromatic heterocycles. The Morgan fingerprint density at radius 1 is 1.15 bits per heavy atom. The highest BCUT2D eigenvalue weighted by molar-refractivity contribution is 5.79. The third-order valence-electron chi connectivity index (χ3n) is 4.46. The molecule has 0 aliphatic rings. The molecule has 0 aliphatic heterocycles. The van der Waals surface area contributed by atoms with Gasteiger partial charge in [0.1, 0.15) is 11.6 Å². The van der Waals surface area contributed by atoms with Crippen LogP contribution in [0, 0.1) is 11.6 Å². The highest BCUT2D eigenvalue weighted by atomic mass is 19.1. The molecule has 0 aliphatic carbocycles. The minimum atomic E-state index is -0.428. The fraction of sp³-hybridized carbons (Fsp3) is 0.500. The number of hydrogen-bond acceptors (Lipinski definition) is 2. The number of nitrogens with one attached hydrogen (secondary N) is 2. The monoisotopic (exact) mass is 377 g/mol. The molecule has 0 radical (unpaired) electrons. The number of aliphatic imine (C=N–C) groups is 1. The molecule has 27 heavy (non-hydrogen) atoms. The first-order valence-corrected chi connectivity index (χ1v) is 9.49. The van der Waals surface area contributed by atoms with Crippen molar-refractivity contribution in [2.45, 2.75) is 46.6 Å². The zero-order valence-electron chi connectivity index (χ0n) is 16.6. The van der Waals surface area contributed by atoms with E-state index < -0.39 is 11.6 Å². The summed E-state index contributed by atoms with van der Waals surface area (Å²) in [5.41, 5.74) is 3.77. The molecule has 2 rings (SSSR count). The summed E-state index contributed by atoms with van der Waals surface area (Å²) >= 11 is 0. The van der Waals surface area contributed by atoms with Gasteiger partial charge in [-0.15, -0.1) is 0 Å². The van der Waals surface area contributed by atoms with E-state index in [0.717, 1.165) is 36.2 Å². The highest BCUT2D eigenvalue weighted by Crippen LogP contribution is 2.16. The Morgan fingerprint density at radius 3 is 2.59 bits per heavy atom. The van der Waals surface area contributed by atoms with Gasteiger partial charge in [-0.05, 0) is 49.9 Å². The van der Waals surface area contributed by atoms with Crippen LogP contribution in [0.1, 0.15) is 43.3 Å². The molecule has 0 amide bonds. The van der Waals surface area contributed by atoms with Crippen LogP contribution in [-0.4, -0.2) is 28.8 Å². The molecule has 0 atom stereocenters. The first-order valence-electron chi connectivity index (χ1n) is 9.49. The Bertz CT molecular complexity index is 783. The largest absolute Gasteiger partial charge is 0.357 e. The van der Waals surface area contributed by atoms with E-state index in [-0.39, 0.29) is 0 Å². The molecule has 0 unspecified atom stereocenters. The van der Waals surface area contributed by atoms with Crippen molar-refractivity contribution in [1.82, 2.24) is 20.4 Å². The Morgan fingerprint density at radius 2 is 1.93 bits per heavy atom. The normalized spacial score (nSPS) is 11.7. The molecule has 0 bridgehead atoms. The second kappa shape index (κ2) is 10.0. The molecule has 7 heteroatoms. The molecule has 1 aromatic carbocycles. The van der Waals surface area contributed by atoms with E-state index in [1.54, 1.807) is 0 Å². The molecular weight excluding hydrogens is 348 g/mol. The van der Waals surface area contributed by atoms with Crippen molar-refractivity contribution in [3.8, 4) is 0 Å². The SMILES string of the molecule is CCNC(=NCc1c(CC)nn(C)c1CC)NCCc1cc(F)ccc1F. The standard InChI is InChI=1S/C20H29F2N5/c1-5-18-16(19(6-2)27(4)26-18)13-25-20(23-7-3)24-11-10-14-12-15(21)8-9-17(14)22/h8-9,12H,5-7,10-11,13H2,1-4H3,(H2,23,24,25). The van der Waals surface area contributed by atoms with Crippen LogP contribution in [-0.2, 0) is 32.9 Å². The molecule has 1 heterocycles. The van der Waals surface area contributed by atoms with E-state index in [9.17, 15) is 8.78 Å². The van der Waals surface area contributed by atoms with Gasteiger partial charge in [0.15, 0.2) is 5.96 Å². The number of aromatic nitrogens is 2. The summed E-state index contributed by atoms with van der Waals surface area (Å²) in [6, 6.07) is 3.52. The predicted octanol–water partition coefficient (Wildman–Crippen LogP) is 3.12. The average Bonchev–Trinajstić information content (AvgIpc) is 2.97. The van der Waals surface area contributed by atoms with Gasteiger partial charge in [-0.25, -0.2) is 13.8 Å². The summed E-state index contributed by atoms with van der Waals surface area (Å²) in [4.78, 5) is 4.66. The number of guanidine groups is 1. The molecule has 0 saturated heterocycles. The van der Waals surface area contributed by atoms with Crippen LogP contribution >= 0.6 is 0 Å². The quantitative estimate of drug-likeness (QED) is 0.549. The zero-order chi connectivity index (χ0) is 19.8. The van der Waals surface area contributed by atoms with Crippen molar-refractivity contribution in [2.24, 2.45) is 12.0 Å². The van der Waals surface area contributed by atoms with Gasteiger partial charge in [0, 0.05) is 31.4 Å². The summed E-state index contributed by atoms with van der Waals surface area (Å²) in [6.07, 6.45) is 2.14. The van der Waals surface area contributed by atoms with Crippen LogP contribution in [0.3, 0.4) is 0 Å². The van der Waals surface area contributed by atoms with Gasteiger partial charge in [-0.1, -0.05) is 13.8 Å². The summed E-state index contributed by atoms with van der Waals surface area (Å²) in [5, 5.41) is 11.0. The van der Waals surface area contributed by atoms with E-state index in [2.05, 4.69) is 34.6 Å². The van der Waals surface area contributed by atoms with Crippen LogP contribution < -0.4 is 10.6 Å². The van der Waals surface area contributed by atoms with Crippen LogP contribution in [0.2, 0.25) is 0 Å². The summed E-state index contributed by atoms with van der Waals surface area (Å²) < 4.78 is 28.9. The first-order chi connectivity index (χ1) is 13.0. The van der Waals surface area contributed by atoms with Gasteiger partial charge in [0.05, 0.1) is 12.2 Å². The van der Waals surface area contributed by atoms with Gasteiger partial charge in [-0.3, -0.25) is 4.68 Å². The fourth-order valence-corrected chi connectivity index (χ4v) is 3.12. The van der Waals surface area contributed by atoms with Crippen molar-refractivity contribution in [3.05, 3.63) is 52.3 Å². The van der Waals surface area contributed by atoms with Crippen LogP contribution in [0.4, 0.5) is 8.78 Å². The smallest absolute Gasteiger partial charge is 0.191 e. The maximum atomic E-state index is 13.7. The van der Waals surface area contributed by atoms with Gasteiger partial charge >= 0.3 is 0 Å². The van der Waals surface area contributed by atoms with Gasteiger partial charge in [0.2, 0.25) is 0 Å². The van der Waals surface area contributed by atoms with Crippen molar-refractivity contribution in [1.29, 1.82) is 0 Å². The lowest BCUT2D eigenvalue weighted by atomic mass is 10.1. The molecule has 0 spiro atoms.